The van der Waals surface area contributed by atoms with Crippen LogP contribution < -0.4 is 5.32 Å². The molecule has 0 unspecified atom stereocenters. The highest BCUT2D eigenvalue weighted by Crippen LogP contribution is 2.37. The number of hydrogen-bond donors (Lipinski definition) is 2. The van der Waals surface area contributed by atoms with Gasteiger partial charge in [-0.25, -0.2) is 5.01 Å². The number of nitrogens with one attached hydrogen (secondary N) is 2. The maximum absolute atomic E-state index is 9.11. The van der Waals surface area contributed by atoms with Gasteiger partial charge in [-0.2, -0.15) is 5.10 Å². The molecule has 1 heterocycles. The molecule has 0 bridgehead atoms. The minimum atomic E-state index is 0.334. The van der Waals surface area contributed by atoms with E-state index in [0.717, 1.165) is 56.0 Å². The first kappa shape index (κ1) is 34.3. The predicted molar refractivity (Wildman–Crippen MR) is 234 cm³/mol. The van der Waals surface area contributed by atoms with Crippen LogP contribution in [0.2, 0.25) is 0 Å². The molecule has 0 aliphatic carbocycles. The molecule has 0 aliphatic rings. The third kappa shape index (κ3) is 7.09. The predicted octanol–water partition coefficient (Wildman–Crippen LogP) is 12.7. The average molecular weight is 722 g/mol. The van der Waals surface area contributed by atoms with E-state index in [0.29, 0.717) is 12.4 Å². The minimum absolute atomic E-state index is 0.334. The van der Waals surface area contributed by atoms with Gasteiger partial charge in [-0.3, -0.25) is 5.41 Å². The van der Waals surface area contributed by atoms with Crippen LogP contribution in [0.3, 0.4) is 0 Å². The zero-order chi connectivity index (χ0) is 37.7. The molecule has 9 rings (SSSR count). The summed E-state index contributed by atoms with van der Waals surface area (Å²) < 4.78 is 2.34. The molecule has 0 radical (unpaired) electrons. The lowest BCUT2D eigenvalue weighted by atomic mass is 10.0. The fourth-order valence-electron chi connectivity index (χ4n) is 7.35. The van der Waals surface area contributed by atoms with Crippen molar-refractivity contribution in [2.24, 2.45) is 5.10 Å². The van der Waals surface area contributed by atoms with Crippen molar-refractivity contribution in [1.82, 2.24) is 9.58 Å². The summed E-state index contributed by atoms with van der Waals surface area (Å²) in [5, 5.41) is 21.9. The van der Waals surface area contributed by atoms with Gasteiger partial charge in [-0.1, -0.05) is 152 Å². The Hall–Kier alpha value is -7.50. The van der Waals surface area contributed by atoms with E-state index in [2.05, 4.69) is 155 Å². The van der Waals surface area contributed by atoms with Crippen molar-refractivity contribution >= 4 is 45.2 Å². The summed E-state index contributed by atoms with van der Waals surface area (Å²) in [5.74, 6) is 0.334. The maximum atomic E-state index is 9.11. The number of benzene rings is 8. The molecule has 268 valence electrons. The number of rotatable bonds is 10. The summed E-state index contributed by atoms with van der Waals surface area (Å²) in [5.41, 5.74) is 12.9. The first-order valence-corrected chi connectivity index (χ1v) is 18.8. The van der Waals surface area contributed by atoms with Gasteiger partial charge in [0, 0.05) is 39.0 Å². The van der Waals surface area contributed by atoms with Crippen molar-refractivity contribution in [3.63, 3.8) is 0 Å². The first-order chi connectivity index (χ1) is 27.7. The lowest BCUT2D eigenvalue weighted by Crippen LogP contribution is -2.25. The molecule has 0 aliphatic heterocycles. The zero-order valence-electron chi connectivity index (χ0n) is 30.8. The number of aromatic nitrogens is 1. The van der Waals surface area contributed by atoms with Gasteiger partial charge in [0.25, 0.3) is 0 Å². The molecular formula is C51H39N5. The summed E-state index contributed by atoms with van der Waals surface area (Å²) >= 11 is 0. The normalized spacial score (nSPS) is 11.3. The molecule has 5 nitrogen and oxygen atoms in total. The second-order valence-corrected chi connectivity index (χ2v) is 13.8. The second kappa shape index (κ2) is 15.5. The van der Waals surface area contributed by atoms with Crippen LogP contribution in [0.1, 0.15) is 16.7 Å². The van der Waals surface area contributed by atoms with Crippen molar-refractivity contribution in [1.29, 1.82) is 5.41 Å². The minimum Gasteiger partial charge on any atom is -0.355 e. The maximum Gasteiger partial charge on any atom is 0.148 e. The van der Waals surface area contributed by atoms with Crippen molar-refractivity contribution in [2.45, 2.75) is 6.54 Å². The molecule has 5 heteroatoms. The molecule has 0 amide bonds. The van der Waals surface area contributed by atoms with Crippen LogP contribution >= 0.6 is 0 Å². The summed E-state index contributed by atoms with van der Waals surface area (Å²) in [6, 6.07) is 71.3. The van der Waals surface area contributed by atoms with Gasteiger partial charge in [0.05, 0.1) is 23.8 Å². The third-order valence-electron chi connectivity index (χ3n) is 10.1. The summed E-state index contributed by atoms with van der Waals surface area (Å²) in [6.07, 6.45) is 1.84. The molecule has 0 saturated heterocycles. The number of nitrogens with zero attached hydrogens (tertiary/aromatic N) is 3. The van der Waals surface area contributed by atoms with Gasteiger partial charge >= 0.3 is 0 Å². The highest BCUT2D eigenvalue weighted by Gasteiger charge is 2.15. The van der Waals surface area contributed by atoms with Gasteiger partial charge < -0.3 is 9.88 Å². The number of para-hydroxylation sites is 3. The van der Waals surface area contributed by atoms with E-state index < -0.39 is 0 Å². The number of hydrogen-bond acceptors (Lipinski definition) is 3. The monoisotopic (exact) mass is 721 g/mol. The number of hydrazone groups is 1. The SMILES string of the molecule is N=C(c1ccccc1)N(Cc1ccc(Nc2ccccc2-c2ccc3c(c2)c2ccccc2n3-c2ccccc2)cc1)/N=C/c1cccc(-c2ccccc2)c1. The Morgan fingerprint density at radius 3 is 2.02 bits per heavy atom. The largest absolute Gasteiger partial charge is 0.355 e. The molecule has 1 aromatic heterocycles. The van der Waals surface area contributed by atoms with Crippen LogP contribution in [-0.4, -0.2) is 21.6 Å². The highest BCUT2D eigenvalue weighted by molar-refractivity contribution is 6.10. The quantitative estimate of drug-likeness (QED) is 0.0839. The molecule has 0 saturated carbocycles. The lowest BCUT2D eigenvalue weighted by molar-refractivity contribution is 0.439. The van der Waals surface area contributed by atoms with Crippen molar-refractivity contribution in [3.05, 3.63) is 223 Å². The Labute approximate surface area is 327 Å². The number of fused-ring (bicyclic) bond motifs is 3. The Bertz CT molecular complexity index is 2810. The second-order valence-electron chi connectivity index (χ2n) is 13.8. The van der Waals surface area contributed by atoms with Crippen LogP contribution in [0, 0.1) is 5.41 Å². The molecule has 0 atom stereocenters. The van der Waals surface area contributed by atoms with Crippen LogP contribution in [0.25, 0.3) is 49.7 Å². The topological polar surface area (TPSA) is 56.4 Å². The fourth-order valence-corrected chi connectivity index (χ4v) is 7.35. The Kier molecular flexibility index (Phi) is 9.47. The Morgan fingerprint density at radius 2 is 1.21 bits per heavy atom. The van der Waals surface area contributed by atoms with E-state index in [1.54, 1.807) is 5.01 Å². The van der Waals surface area contributed by atoms with E-state index in [-0.39, 0.29) is 0 Å². The van der Waals surface area contributed by atoms with E-state index >= 15 is 0 Å². The van der Waals surface area contributed by atoms with E-state index in [1.165, 1.54) is 21.8 Å². The number of amidine groups is 1. The van der Waals surface area contributed by atoms with E-state index in [4.69, 9.17) is 10.5 Å². The van der Waals surface area contributed by atoms with Crippen molar-refractivity contribution < 1.29 is 0 Å². The van der Waals surface area contributed by atoms with Gasteiger partial charge in [0.1, 0.15) is 5.84 Å². The van der Waals surface area contributed by atoms with Gasteiger partial charge in [0.2, 0.25) is 0 Å². The zero-order valence-corrected chi connectivity index (χ0v) is 30.8. The van der Waals surface area contributed by atoms with Crippen LogP contribution in [0.4, 0.5) is 11.4 Å². The molecule has 56 heavy (non-hydrogen) atoms. The molecule has 9 aromatic rings. The van der Waals surface area contributed by atoms with Crippen LogP contribution in [0.5, 0.6) is 0 Å². The van der Waals surface area contributed by atoms with Gasteiger partial charge in [0.15, 0.2) is 0 Å². The average Bonchev–Trinajstić information content (AvgIpc) is 3.60. The molecule has 0 fully saturated rings. The lowest BCUT2D eigenvalue weighted by Gasteiger charge is -2.20. The Balaban J connectivity index is 0.978. The smallest absolute Gasteiger partial charge is 0.148 e. The molecule has 2 N–H and O–H groups in total. The fraction of sp³-hybridized carbons (Fsp3) is 0.0196. The van der Waals surface area contributed by atoms with Crippen LogP contribution in [0.15, 0.2) is 211 Å². The summed E-state index contributed by atoms with van der Waals surface area (Å²) in [6.45, 7) is 0.441. The molecule has 8 aromatic carbocycles. The first-order valence-electron chi connectivity index (χ1n) is 18.8. The van der Waals surface area contributed by atoms with Crippen LogP contribution in [-0.2, 0) is 6.54 Å². The van der Waals surface area contributed by atoms with Crippen molar-refractivity contribution in [2.75, 3.05) is 5.32 Å². The number of anilines is 2. The van der Waals surface area contributed by atoms with E-state index in [1.807, 2.05) is 66.9 Å². The van der Waals surface area contributed by atoms with E-state index in [9.17, 15) is 0 Å². The van der Waals surface area contributed by atoms with Gasteiger partial charge in [-0.05, 0) is 82.4 Å². The van der Waals surface area contributed by atoms with Gasteiger partial charge in [-0.15, -0.1) is 0 Å². The molecular weight excluding hydrogens is 683 g/mol. The summed E-state index contributed by atoms with van der Waals surface area (Å²) in [4.78, 5) is 0. The standard InChI is InChI=1S/C51H39N5/c52-51(40-18-6-2-7-19-40)55(53-35-38-15-14-20-41(33-38)39-16-4-1-5-17-39)36-37-27-30-43(31-28-37)54-48-25-12-10-23-45(48)42-29-32-50-47(34-42)46-24-11-13-26-49(46)56(50)44-21-8-3-9-22-44/h1-35,52,54H,36H2/b52-51?,53-35+. The third-order valence-corrected chi connectivity index (χ3v) is 10.1. The molecule has 0 spiro atoms. The summed E-state index contributed by atoms with van der Waals surface area (Å²) in [7, 11) is 0. The Morgan fingerprint density at radius 1 is 0.554 bits per heavy atom. The van der Waals surface area contributed by atoms with Crippen molar-refractivity contribution in [3.8, 4) is 27.9 Å². The highest BCUT2D eigenvalue weighted by atomic mass is 15.5.